The number of hydrogen-bond donors (Lipinski definition) is 1. The molecule has 90 valence electrons. The van der Waals surface area contributed by atoms with E-state index >= 15 is 0 Å². The van der Waals surface area contributed by atoms with E-state index in [4.69, 9.17) is 4.42 Å². The van der Waals surface area contributed by atoms with E-state index in [0.717, 1.165) is 17.1 Å². The quantitative estimate of drug-likeness (QED) is 0.755. The average molecular weight is 241 g/mol. The first-order valence-electron chi connectivity index (χ1n) is 5.51. The first-order chi connectivity index (χ1) is 8.92. The van der Waals surface area contributed by atoms with Crippen LogP contribution in [0.1, 0.15) is 5.76 Å². The van der Waals surface area contributed by atoms with Gasteiger partial charge in [0.25, 0.3) is 0 Å². The maximum atomic E-state index is 5.24. The molecule has 3 aromatic rings. The van der Waals surface area contributed by atoms with Gasteiger partial charge in [-0.05, 0) is 46.8 Å². The number of rotatable bonds is 4. The summed E-state index contributed by atoms with van der Waals surface area (Å²) in [4.78, 5) is 0. The Balaban J connectivity index is 1.68. The molecule has 1 aromatic carbocycles. The van der Waals surface area contributed by atoms with Gasteiger partial charge >= 0.3 is 0 Å². The molecule has 0 fully saturated rings. The highest BCUT2D eigenvalue weighted by atomic mass is 16.3. The van der Waals surface area contributed by atoms with E-state index in [1.165, 1.54) is 0 Å². The van der Waals surface area contributed by atoms with Crippen LogP contribution < -0.4 is 5.32 Å². The summed E-state index contributed by atoms with van der Waals surface area (Å²) >= 11 is 0. The fourth-order valence-corrected chi connectivity index (χ4v) is 1.61. The zero-order valence-electron chi connectivity index (χ0n) is 9.52. The molecule has 0 radical (unpaired) electrons. The number of furan rings is 1. The number of aromatic nitrogens is 4. The van der Waals surface area contributed by atoms with Crippen LogP contribution in [0.4, 0.5) is 5.69 Å². The molecule has 2 heterocycles. The van der Waals surface area contributed by atoms with E-state index in [1.807, 2.05) is 36.4 Å². The molecule has 0 saturated carbocycles. The largest absolute Gasteiger partial charge is 0.467 e. The van der Waals surface area contributed by atoms with Crippen molar-refractivity contribution < 1.29 is 4.42 Å². The van der Waals surface area contributed by atoms with Crippen molar-refractivity contribution in [2.75, 3.05) is 5.32 Å². The maximum absolute atomic E-state index is 5.24. The number of nitrogens with one attached hydrogen (secondary N) is 1. The van der Waals surface area contributed by atoms with Gasteiger partial charge in [0.05, 0.1) is 18.5 Å². The Bertz CT molecular complexity index is 586. The predicted molar refractivity (Wildman–Crippen MR) is 65.2 cm³/mol. The van der Waals surface area contributed by atoms with Gasteiger partial charge in [0, 0.05) is 5.69 Å². The van der Waals surface area contributed by atoms with Crippen molar-refractivity contribution in [1.82, 2.24) is 20.2 Å². The molecule has 3 rings (SSSR count). The Kier molecular flexibility index (Phi) is 2.75. The van der Waals surface area contributed by atoms with E-state index in [0.29, 0.717) is 6.54 Å². The van der Waals surface area contributed by atoms with Crippen LogP contribution in [0.5, 0.6) is 0 Å². The minimum atomic E-state index is 0.664. The molecule has 6 nitrogen and oxygen atoms in total. The standard InChI is InChI=1S/C12H11N5O/c1-2-12(18-7-1)8-13-10-3-5-11(6-4-10)17-9-14-15-16-17/h1-7,9,13H,8H2. The predicted octanol–water partition coefficient (Wildman–Crippen LogP) is 1.87. The van der Waals surface area contributed by atoms with E-state index in [1.54, 1.807) is 17.3 Å². The Morgan fingerprint density at radius 1 is 1.17 bits per heavy atom. The number of tetrazole rings is 1. The van der Waals surface area contributed by atoms with Gasteiger partial charge in [-0.25, -0.2) is 4.68 Å². The van der Waals surface area contributed by atoms with Crippen LogP contribution in [-0.2, 0) is 6.54 Å². The third kappa shape index (κ3) is 2.22. The summed E-state index contributed by atoms with van der Waals surface area (Å²) in [5, 5.41) is 14.3. The minimum absolute atomic E-state index is 0.664. The molecule has 6 heteroatoms. The Hall–Kier alpha value is -2.63. The smallest absolute Gasteiger partial charge is 0.143 e. The summed E-state index contributed by atoms with van der Waals surface area (Å²) in [5.41, 5.74) is 1.94. The second-order valence-electron chi connectivity index (χ2n) is 3.73. The lowest BCUT2D eigenvalue weighted by atomic mass is 10.3. The van der Waals surface area contributed by atoms with Gasteiger partial charge in [-0.15, -0.1) is 5.10 Å². The molecule has 0 saturated heterocycles. The highest BCUT2D eigenvalue weighted by Gasteiger charge is 1.99. The Morgan fingerprint density at radius 3 is 2.72 bits per heavy atom. The van der Waals surface area contributed by atoms with Gasteiger partial charge in [0.15, 0.2) is 0 Å². The van der Waals surface area contributed by atoms with Crippen LogP contribution in [0.2, 0.25) is 0 Å². The molecule has 0 unspecified atom stereocenters. The molecule has 2 aromatic heterocycles. The average Bonchev–Trinajstić information content (AvgIpc) is 3.10. The number of anilines is 1. The fraction of sp³-hybridized carbons (Fsp3) is 0.0833. The third-order valence-electron chi connectivity index (χ3n) is 2.53. The fourth-order valence-electron chi connectivity index (χ4n) is 1.61. The van der Waals surface area contributed by atoms with Gasteiger partial charge in [-0.3, -0.25) is 0 Å². The highest BCUT2D eigenvalue weighted by Crippen LogP contribution is 2.13. The summed E-state index contributed by atoms with van der Waals surface area (Å²) in [6.07, 6.45) is 3.23. The first kappa shape index (κ1) is 10.5. The second kappa shape index (κ2) is 4.70. The molecular formula is C12H11N5O. The van der Waals surface area contributed by atoms with Crippen molar-refractivity contribution in [2.45, 2.75) is 6.54 Å². The van der Waals surface area contributed by atoms with Crippen molar-refractivity contribution in [2.24, 2.45) is 0 Å². The molecule has 0 aliphatic carbocycles. The lowest BCUT2D eigenvalue weighted by Crippen LogP contribution is -1.99. The van der Waals surface area contributed by atoms with Crippen LogP contribution in [0.15, 0.2) is 53.4 Å². The lowest BCUT2D eigenvalue weighted by molar-refractivity contribution is 0.518. The molecule has 18 heavy (non-hydrogen) atoms. The molecule has 0 aliphatic rings. The zero-order chi connectivity index (χ0) is 12.2. The first-order valence-corrected chi connectivity index (χ1v) is 5.51. The van der Waals surface area contributed by atoms with Gasteiger partial charge in [0.1, 0.15) is 12.1 Å². The van der Waals surface area contributed by atoms with Crippen LogP contribution in [0.25, 0.3) is 5.69 Å². The van der Waals surface area contributed by atoms with Crippen molar-refractivity contribution >= 4 is 5.69 Å². The summed E-state index contributed by atoms with van der Waals surface area (Å²) in [6.45, 7) is 0.664. The van der Waals surface area contributed by atoms with Crippen LogP contribution in [0, 0.1) is 0 Å². The SMILES string of the molecule is c1coc(CNc2ccc(-n3cnnn3)cc2)c1. The van der Waals surface area contributed by atoms with Gasteiger partial charge in [0.2, 0.25) is 0 Å². The molecular weight excluding hydrogens is 230 g/mol. The van der Waals surface area contributed by atoms with Crippen molar-refractivity contribution in [1.29, 1.82) is 0 Å². The maximum Gasteiger partial charge on any atom is 0.143 e. The minimum Gasteiger partial charge on any atom is -0.467 e. The highest BCUT2D eigenvalue weighted by molar-refractivity contribution is 5.48. The van der Waals surface area contributed by atoms with Gasteiger partial charge in [-0.1, -0.05) is 0 Å². The molecule has 0 amide bonds. The summed E-state index contributed by atoms with van der Waals surface area (Å²) < 4.78 is 6.85. The summed E-state index contributed by atoms with van der Waals surface area (Å²) in [5.74, 6) is 0.902. The van der Waals surface area contributed by atoms with Crippen molar-refractivity contribution in [3.63, 3.8) is 0 Å². The molecule has 0 aliphatic heterocycles. The zero-order valence-corrected chi connectivity index (χ0v) is 9.52. The third-order valence-corrected chi connectivity index (χ3v) is 2.53. The lowest BCUT2D eigenvalue weighted by Gasteiger charge is -2.05. The normalized spacial score (nSPS) is 10.4. The molecule has 0 atom stereocenters. The Labute approximate surface area is 103 Å². The number of nitrogens with zero attached hydrogens (tertiary/aromatic N) is 4. The van der Waals surface area contributed by atoms with E-state index in [2.05, 4.69) is 20.8 Å². The molecule has 0 spiro atoms. The molecule has 1 N–H and O–H groups in total. The summed E-state index contributed by atoms with van der Waals surface area (Å²) in [7, 11) is 0. The van der Waals surface area contributed by atoms with Gasteiger partial charge < -0.3 is 9.73 Å². The van der Waals surface area contributed by atoms with E-state index in [9.17, 15) is 0 Å². The second-order valence-corrected chi connectivity index (χ2v) is 3.73. The van der Waals surface area contributed by atoms with Crippen LogP contribution in [0.3, 0.4) is 0 Å². The Morgan fingerprint density at radius 2 is 2.06 bits per heavy atom. The van der Waals surface area contributed by atoms with Crippen molar-refractivity contribution in [3.05, 3.63) is 54.7 Å². The number of benzene rings is 1. The number of hydrogen-bond acceptors (Lipinski definition) is 5. The molecule has 0 bridgehead atoms. The van der Waals surface area contributed by atoms with Crippen molar-refractivity contribution in [3.8, 4) is 5.69 Å². The van der Waals surface area contributed by atoms with Crippen LogP contribution >= 0.6 is 0 Å². The van der Waals surface area contributed by atoms with E-state index in [-0.39, 0.29) is 0 Å². The van der Waals surface area contributed by atoms with E-state index < -0.39 is 0 Å². The van der Waals surface area contributed by atoms with Gasteiger partial charge in [-0.2, -0.15) is 0 Å². The topological polar surface area (TPSA) is 68.8 Å². The monoisotopic (exact) mass is 241 g/mol. The summed E-state index contributed by atoms with van der Waals surface area (Å²) in [6, 6.07) is 11.6. The van der Waals surface area contributed by atoms with Crippen LogP contribution in [-0.4, -0.2) is 20.2 Å².